The summed E-state index contributed by atoms with van der Waals surface area (Å²) in [5.41, 5.74) is 7.92. The number of aromatic nitrogens is 2. The van der Waals surface area contributed by atoms with Crippen LogP contribution in [0.4, 0.5) is 13.2 Å². The molecule has 0 bridgehead atoms. The quantitative estimate of drug-likeness (QED) is 0.350. The number of carbonyl (C=O) groups is 2. The summed E-state index contributed by atoms with van der Waals surface area (Å²) in [7, 11) is 0. The van der Waals surface area contributed by atoms with E-state index in [0.717, 1.165) is 60.0 Å². The molecule has 3 aromatic rings. The van der Waals surface area contributed by atoms with Crippen molar-refractivity contribution in [2.75, 3.05) is 13.1 Å². The van der Waals surface area contributed by atoms with Gasteiger partial charge in [0.25, 0.3) is 0 Å². The normalized spacial score (nSPS) is 13.9. The van der Waals surface area contributed by atoms with Gasteiger partial charge in [0.1, 0.15) is 12.4 Å². The van der Waals surface area contributed by atoms with Crippen molar-refractivity contribution < 1.29 is 37.7 Å². The minimum Gasteiger partial charge on any atom is -0.489 e. The number of alkyl halides is 3. The zero-order valence-electron chi connectivity index (χ0n) is 23.5. The predicted molar refractivity (Wildman–Crippen MR) is 147 cm³/mol. The van der Waals surface area contributed by atoms with E-state index in [2.05, 4.69) is 54.9 Å². The average Bonchev–Trinajstić information content (AvgIpc) is 2.88. The number of carboxylic acids is 2. The van der Waals surface area contributed by atoms with Crippen LogP contribution in [-0.2, 0) is 29.2 Å². The highest BCUT2D eigenvalue weighted by atomic mass is 19.4. The lowest BCUT2D eigenvalue weighted by Crippen LogP contribution is -2.35. The summed E-state index contributed by atoms with van der Waals surface area (Å²) < 4.78 is 37.9. The Labute approximate surface area is 236 Å². The molecule has 8 nitrogen and oxygen atoms in total. The van der Waals surface area contributed by atoms with Crippen LogP contribution >= 0.6 is 0 Å². The van der Waals surface area contributed by atoms with Gasteiger partial charge in [-0.2, -0.15) is 13.2 Å². The zero-order valence-corrected chi connectivity index (χ0v) is 23.5. The summed E-state index contributed by atoms with van der Waals surface area (Å²) in [6, 6.07) is 12.5. The summed E-state index contributed by atoms with van der Waals surface area (Å²) >= 11 is 0. The molecule has 11 heteroatoms. The third-order valence-electron chi connectivity index (χ3n) is 6.67. The van der Waals surface area contributed by atoms with E-state index in [9.17, 15) is 18.0 Å². The van der Waals surface area contributed by atoms with Crippen LogP contribution in [0.5, 0.6) is 5.75 Å². The number of rotatable bonds is 8. The number of ether oxygens (including phenoxy) is 1. The molecule has 41 heavy (non-hydrogen) atoms. The van der Waals surface area contributed by atoms with Crippen LogP contribution in [0.25, 0.3) is 11.4 Å². The monoisotopic (exact) mass is 573 g/mol. The van der Waals surface area contributed by atoms with Crippen LogP contribution in [0, 0.1) is 26.7 Å². The average molecular weight is 574 g/mol. The van der Waals surface area contributed by atoms with Gasteiger partial charge in [-0.25, -0.2) is 14.8 Å². The Bertz CT molecular complexity index is 1390. The van der Waals surface area contributed by atoms with Crippen LogP contribution in [0.2, 0.25) is 0 Å². The summed E-state index contributed by atoms with van der Waals surface area (Å²) in [6.45, 7) is 11.2. The first-order valence-electron chi connectivity index (χ1n) is 13.1. The molecule has 1 aliphatic heterocycles. The van der Waals surface area contributed by atoms with Crippen LogP contribution in [0.1, 0.15) is 46.9 Å². The highest BCUT2D eigenvalue weighted by molar-refractivity contribution is 5.73. The number of halogens is 3. The van der Waals surface area contributed by atoms with Gasteiger partial charge in [-0.1, -0.05) is 30.7 Å². The van der Waals surface area contributed by atoms with Crippen LogP contribution in [0.3, 0.4) is 0 Å². The van der Waals surface area contributed by atoms with Crippen molar-refractivity contribution in [3.8, 4) is 17.1 Å². The van der Waals surface area contributed by atoms with Gasteiger partial charge in [-0.15, -0.1) is 0 Å². The second-order valence-electron chi connectivity index (χ2n) is 10.4. The van der Waals surface area contributed by atoms with Crippen molar-refractivity contribution >= 4 is 11.9 Å². The first-order chi connectivity index (χ1) is 19.2. The standard InChI is InChI=1S/C28H33N3O3.C2HF3O2/c1-18-5-6-20(3)23(11-18)17-34-26-8-7-22(13-21(26)4)28-29-14-24-16-31(10-9-25(24)30-28)15-19(2)12-27(32)33;3-2(4,5)1(6)7/h5-8,11,13-14,19H,9-10,12,15-17H2,1-4H3,(H,32,33);(H,6,7). The lowest BCUT2D eigenvalue weighted by molar-refractivity contribution is -0.192. The zero-order chi connectivity index (χ0) is 30.3. The van der Waals surface area contributed by atoms with E-state index in [-0.39, 0.29) is 12.3 Å². The van der Waals surface area contributed by atoms with E-state index in [1.165, 1.54) is 16.7 Å². The molecule has 0 amide bonds. The van der Waals surface area contributed by atoms with Crippen molar-refractivity contribution in [2.45, 2.75) is 59.9 Å². The van der Waals surface area contributed by atoms with Gasteiger partial charge in [-0.3, -0.25) is 9.69 Å². The lowest BCUT2D eigenvalue weighted by Gasteiger charge is -2.29. The van der Waals surface area contributed by atoms with Crippen LogP contribution < -0.4 is 4.74 Å². The van der Waals surface area contributed by atoms with Gasteiger partial charge >= 0.3 is 18.1 Å². The highest BCUT2D eigenvalue weighted by Gasteiger charge is 2.38. The smallest absolute Gasteiger partial charge is 0.489 e. The SMILES string of the molecule is Cc1ccc(C)c(COc2ccc(-c3ncc4c(n3)CCN(CC(C)CC(=O)O)C4)cc2C)c1.O=C(O)C(F)(F)F. The second-order valence-corrected chi connectivity index (χ2v) is 10.4. The molecule has 1 aliphatic rings. The number of hydrogen-bond acceptors (Lipinski definition) is 6. The first kappa shape index (κ1) is 31.5. The van der Waals surface area contributed by atoms with E-state index in [1.807, 2.05) is 25.3 Å². The molecule has 0 radical (unpaired) electrons. The molecule has 2 heterocycles. The maximum atomic E-state index is 10.9. The second kappa shape index (κ2) is 13.6. The Morgan fingerprint density at radius 2 is 1.78 bits per heavy atom. The molecule has 1 aromatic heterocycles. The fourth-order valence-electron chi connectivity index (χ4n) is 4.53. The Balaban J connectivity index is 0.000000587. The maximum Gasteiger partial charge on any atom is 0.490 e. The number of hydrogen-bond donors (Lipinski definition) is 2. The van der Waals surface area contributed by atoms with E-state index in [0.29, 0.717) is 6.61 Å². The van der Waals surface area contributed by atoms with Gasteiger partial charge < -0.3 is 14.9 Å². The van der Waals surface area contributed by atoms with Crippen LogP contribution in [-0.4, -0.2) is 56.3 Å². The number of aliphatic carboxylic acids is 2. The summed E-state index contributed by atoms with van der Waals surface area (Å²) in [5.74, 6) is -1.77. The maximum absolute atomic E-state index is 10.9. The number of carboxylic acid groups (broad SMARTS) is 2. The Morgan fingerprint density at radius 1 is 1.07 bits per heavy atom. The molecule has 0 spiro atoms. The molecule has 220 valence electrons. The third kappa shape index (κ3) is 9.28. The van der Waals surface area contributed by atoms with Crippen molar-refractivity contribution in [1.29, 1.82) is 0 Å². The van der Waals surface area contributed by atoms with Gasteiger partial charge in [0.2, 0.25) is 0 Å². The number of nitrogens with zero attached hydrogens (tertiary/aromatic N) is 3. The molecule has 0 saturated carbocycles. The summed E-state index contributed by atoms with van der Waals surface area (Å²) in [5, 5.41) is 16.1. The Kier molecular flexibility index (Phi) is 10.4. The van der Waals surface area contributed by atoms with E-state index < -0.39 is 18.1 Å². The van der Waals surface area contributed by atoms with Gasteiger partial charge in [0, 0.05) is 49.8 Å². The molecule has 1 unspecified atom stereocenters. The number of benzene rings is 2. The summed E-state index contributed by atoms with van der Waals surface area (Å²) in [6.07, 6.45) is -2.12. The van der Waals surface area contributed by atoms with E-state index in [4.69, 9.17) is 24.7 Å². The topological polar surface area (TPSA) is 113 Å². The molecule has 2 aromatic carbocycles. The molecule has 0 saturated heterocycles. The largest absolute Gasteiger partial charge is 0.490 e. The first-order valence-corrected chi connectivity index (χ1v) is 13.1. The molecule has 0 aliphatic carbocycles. The minimum atomic E-state index is -5.08. The Morgan fingerprint density at radius 3 is 2.41 bits per heavy atom. The van der Waals surface area contributed by atoms with Crippen molar-refractivity contribution in [3.63, 3.8) is 0 Å². The molecule has 2 N–H and O–H groups in total. The van der Waals surface area contributed by atoms with Gasteiger partial charge in [0.15, 0.2) is 5.82 Å². The van der Waals surface area contributed by atoms with Gasteiger partial charge in [0.05, 0.1) is 5.69 Å². The third-order valence-corrected chi connectivity index (χ3v) is 6.67. The van der Waals surface area contributed by atoms with Crippen molar-refractivity contribution in [2.24, 2.45) is 5.92 Å². The molecule has 0 fully saturated rings. The molecule has 4 rings (SSSR count). The highest BCUT2D eigenvalue weighted by Crippen LogP contribution is 2.27. The number of fused-ring (bicyclic) bond motifs is 1. The van der Waals surface area contributed by atoms with Gasteiger partial charge in [-0.05, 0) is 61.6 Å². The van der Waals surface area contributed by atoms with E-state index >= 15 is 0 Å². The van der Waals surface area contributed by atoms with Crippen LogP contribution in [0.15, 0.2) is 42.6 Å². The van der Waals surface area contributed by atoms with E-state index in [1.54, 1.807) is 0 Å². The fraction of sp³-hybridized carbons (Fsp3) is 0.400. The molecular weight excluding hydrogens is 539 g/mol. The minimum absolute atomic E-state index is 0.123. The number of aryl methyl sites for hydroxylation is 3. The van der Waals surface area contributed by atoms with Crippen molar-refractivity contribution in [1.82, 2.24) is 14.9 Å². The molecule has 1 atom stereocenters. The Hall–Kier alpha value is -3.99. The molecular formula is C30H34F3N3O5. The predicted octanol–water partition coefficient (Wildman–Crippen LogP) is 5.75. The summed E-state index contributed by atoms with van der Waals surface area (Å²) in [4.78, 5) is 31.6. The lowest BCUT2D eigenvalue weighted by atomic mass is 10.0. The fourth-order valence-corrected chi connectivity index (χ4v) is 4.53. The van der Waals surface area contributed by atoms with Crippen molar-refractivity contribution in [3.05, 3.63) is 76.1 Å².